The molecule has 0 aliphatic heterocycles. The fourth-order valence-electron chi connectivity index (χ4n) is 2.89. The quantitative estimate of drug-likeness (QED) is 0.371. The van der Waals surface area contributed by atoms with Gasteiger partial charge in [0, 0.05) is 30.6 Å². The van der Waals surface area contributed by atoms with E-state index >= 15 is 0 Å². The van der Waals surface area contributed by atoms with Gasteiger partial charge in [-0.05, 0) is 29.8 Å². The number of nitrogen functional groups attached to an aromatic ring is 1. The summed E-state index contributed by atoms with van der Waals surface area (Å²) in [6.07, 6.45) is 3.05. The SMILES string of the molecule is CC.CC(=O)OCc1ccc(-n2c(-c3nccnc3N)nc3ccc([B]O)nc32)cc1. The lowest BCUT2D eigenvalue weighted by Crippen LogP contribution is -2.18. The zero-order chi connectivity index (χ0) is 22.4. The van der Waals surface area contributed by atoms with Crippen molar-refractivity contribution in [1.29, 1.82) is 0 Å². The van der Waals surface area contributed by atoms with Crippen molar-refractivity contribution in [2.75, 3.05) is 5.73 Å². The third-order valence-corrected chi connectivity index (χ3v) is 4.23. The molecule has 0 atom stereocenters. The Morgan fingerprint density at radius 3 is 2.45 bits per heavy atom. The zero-order valence-corrected chi connectivity index (χ0v) is 17.5. The maximum Gasteiger partial charge on any atom is 0.348 e. The van der Waals surface area contributed by atoms with Crippen LogP contribution < -0.4 is 11.3 Å². The first kappa shape index (κ1) is 21.9. The summed E-state index contributed by atoms with van der Waals surface area (Å²) in [7, 11) is 0.926. The van der Waals surface area contributed by atoms with Crippen molar-refractivity contribution in [1.82, 2.24) is 24.5 Å². The number of esters is 1. The third-order valence-electron chi connectivity index (χ3n) is 4.23. The topological polar surface area (TPSA) is 129 Å². The van der Waals surface area contributed by atoms with Crippen LogP contribution in [0.5, 0.6) is 0 Å². The standard InChI is InChI=1S/C19H16BN6O3.C2H6/c1-11(27)29-10-12-2-4-13(5-3-12)26-18-14(6-7-15(20-28)25-18)24-19(26)16-17(21)23-9-8-22-16;1-2/h2-9,28H,10H2,1H3,(H2,21,23);1-2H3. The van der Waals surface area contributed by atoms with Crippen LogP contribution in [0.25, 0.3) is 28.4 Å². The predicted octanol–water partition coefficient (Wildman–Crippen LogP) is 1.79. The van der Waals surface area contributed by atoms with Gasteiger partial charge < -0.3 is 15.5 Å². The number of nitrogens with two attached hydrogens (primary N) is 1. The Morgan fingerprint density at radius 2 is 1.81 bits per heavy atom. The molecule has 0 aliphatic carbocycles. The predicted molar refractivity (Wildman–Crippen MR) is 119 cm³/mol. The van der Waals surface area contributed by atoms with Gasteiger partial charge in [0.05, 0.1) is 0 Å². The lowest BCUT2D eigenvalue weighted by Gasteiger charge is -2.10. The van der Waals surface area contributed by atoms with Gasteiger partial charge in [0.15, 0.2) is 17.3 Å². The minimum Gasteiger partial charge on any atom is -0.461 e. The average Bonchev–Trinajstić information content (AvgIpc) is 3.18. The smallest absolute Gasteiger partial charge is 0.348 e. The maximum absolute atomic E-state index is 11.0. The number of nitrogens with zero attached hydrogens (tertiary/aromatic N) is 5. The molecule has 4 aromatic rings. The van der Waals surface area contributed by atoms with Crippen molar-refractivity contribution < 1.29 is 14.6 Å². The van der Waals surface area contributed by atoms with Crippen LogP contribution >= 0.6 is 0 Å². The Labute approximate surface area is 180 Å². The molecule has 1 radical (unpaired) electrons. The maximum atomic E-state index is 11.0. The highest BCUT2D eigenvalue weighted by molar-refractivity contribution is 6.44. The first-order chi connectivity index (χ1) is 15.1. The summed E-state index contributed by atoms with van der Waals surface area (Å²) in [5.41, 5.74) is 9.57. The Kier molecular flexibility index (Phi) is 6.94. The van der Waals surface area contributed by atoms with Crippen molar-refractivity contribution in [2.24, 2.45) is 0 Å². The van der Waals surface area contributed by atoms with Gasteiger partial charge in [-0.25, -0.2) is 19.9 Å². The molecule has 10 heteroatoms. The second kappa shape index (κ2) is 9.81. The van der Waals surface area contributed by atoms with E-state index in [0.29, 0.717) is 28.3 Å². The summed E-state index contributed by atoms with van der Waals surface area (Å²) >= 11 is 0. The second-order valence-electron chi connectivity index (χ2n) is 6.22. The number of aromatic nitrogens is 5. The van der Waals surface area contributed by atoms with Gasteiger partial charge >= 0.3 is 13.5 Å². The summed E-state index contributed by atoms with van der Waals surface area (Å²) in [4.78, 5) is 28.5. The largest absolute Gasteiger partial charge is 0.461 e. The fourth-order valence-corrected chi connectivity index (χ4v) is 2.89. The summed E-state index contributed by atoms with van der Waals surface area (Å²) in [6, 6.07) is 10.8. The van der Waals surface area contributed by atoms with Gasteiger partial charge in [0.2, 0.25) is 0 Å². The van der Waals surface area contributed by atoms with E-state index < -0.39 is 0 Å². The molecule has 4 rings (SSSR count). The summed E-state index contributed by atoms with van der Waals surface area (Å²) in [5, 5.41) is 9.37. The molecule has 0 saturated heterocycles. The molecule has 9 nitrogen and oxygen atoms in total. The van der Waals surface area contributed by atoms with Crippen molar-refractivity contribution in [2.45, 2.75) is 27.4 Å². The van der Waals surface area contributed by atoms with Gasteiger partial charge in [-0.1, -0.05) is 26.0 Å². The number of ether oxygens (including phenoxy) is 1. The molecule has 0 saturated carbocycles. The molecular weight excluding hydrogens is 395 g/mol. The summed E-state index contributed by atoms with van der Waals surface area (Å²) in [6.45, 7) is 5.55. The number of anilines is 1. The Balaban J connectivity index is 0.00000132. The average molecular weight is 417 g/mol. The molecule has 1 aromatic carbocycles. The van der Waals surface area contributed by atoms with E-state index in [4.69, 9.17) is 10.5 Å². The fraction of sp³-hybridized carbons (Fsp3) is 0.190. The number of benzene rings is 1. The minimum atomic E-state index is -0.341. The van der Waals surface area contributed by atoms with E-state index in [2.05, 4.69) is 19.9 Å². The molecular formula is C21H22BN6O3. The molecule has 0 spiro atoms. The number of carbonyl (C=O) groups is 1. The lowest BCUT2D eigenvalue weighted by atomic mass is 9.95. The van der Waals surface area contributed by atoms with Crippen LogP contribution in [0.4, 0.5) is 5.82 Å². The van der Waals surface area contributed by atoms with Crippen LogP contribution in [0, 0.1) is 0 Å². The van der Waals surface area contributed by atoms with Gasteiger partial charge in [-0.15, -0.1) is 0 Å². The Hall–Kier alpha value is -3.79. The van der Waals surface area contributed by atoms with E-state index in [1.165, 1.54) is 19.3 Å². The normalized spacial score (nSPS) is 10.3. The van der Waals surface area contributed by atoms with Gasteiger partial charge in [-0.2, -0.15) is 0 Å². The van der Waals surface area contributed by atoms with Crippen LogP contribution in [0.3, 0.4) is 0 Å². The second-order valence-corrected chi connectivity index (χ2v) is 6.22. The van der Waals surface area contributed by atoms with Gasteiger partial charge in [0.25, 0.3) is 0 Å². The van der Waals surface area contributed by atoms with Crippen LogP contribution in [0.2, 0.25) is 0 Å². The molecule has 0 amide bonds. The zero-order valence-electron chi connectivity index (χ0n) is 17.5. The molecule has 31 heavy (non-hydrogen) atoms. The van der Waals surface area contributed by atoms with Crippen LogP contribution in [0.1, 0.15) is 26.3 Å². The first-order valence-electron chi connectivity index (χ1n) is 9.73. The van der Waals surface area contributed by atoms with Crippen molar-refractivity contribution >= 4 is 36.0 Å². The molecule has 3 aromatic heterocycles. The molecule has 0 unspecified atom stereocenters. The number of fused-ring (bicyclic) bond motifs is 1. The molecule has 157 valence electrons. The molecule has 0 bridgehead atoms. The number of pyridine rings is 1. The van der Waals surface area contributed by atoms with Crippen molar-refractivity contribution in [3.63, 3.8) is 0 Å². The summed E-state index contributed by atoms with van der Waals surface area (Å²) in [5.74, 6) is 0.373. The van der Waals surface area contributed by atoms with Gasteiger partial charge in [-0.3, -0.25) is 9.36 Å². The first-order valence-corrected chi connectivity index (χ1v) is 9.73. The van der Waals surface area contributed by atoms with Crippen molar-refractivity contribution in [3.8, 4) is 17.2 Å². The highest BCUT2D eigenvalue weighted by Gasteiger charge is 2.19. The number of hydrogen-bond donors (Lipinski definition) is 2. The van der Waals surface area contributed by atoms with Crippen molar-refractivity contribution in [3.05, 3.63) is 54.4 Å². The minimum absolute atomic E-state index is 0.187. The lowest BCUT2D eigenvalue weighted by molar-refractivity contribution is -0.142. The highest BCUT2D eigenvalue weighted by Crippen LogP contribution is 2.28. The monoisotopic (exact) mass is 417 g/mol. The molecule has 3 heterocycles. The Bertz CT molecular complexity index is 1190. The molecule has 3 N–H and O–H groups in total. The molecule has 0 fully saturated rings. The van der Waals surface area contributed by atoms with E-state index in [-0.39, 0.29) is 18.4 Å². The van der Waals surface area contributed by atoms with Crippen LogP contribution in [-0.4, -0.2) is 43.0 Å². The number of carbonyl (C=O) groups excluding carboxylic acids is 1. The Morgan fingerprint density at radius 1 is 1.10 bits per heavy atom. The van der Waals surface area contributed by atoms with E-state index in [9.17, 15) is 9.82 Å². The van der Waals surface area contributed by atoms with E-state index in [1.54, 1.807) is 16.7 Å². The number of hydrogen-bond acceptors (Lipinski definition) is 8. The number of imidazole rings is 1. The van der Waals surface area contributed by atoms with E-state index in [1.807, 2.05) is 38.1 Å². The summed E-state index contributed by atoms with van der Waals surface area (Å²) < 4.78 is 6.82. The molecule has 0 aliphatic rings. The highest BCUT2D eigenvalue weighted by atomic mass is 16.5. The van der Waals surface area contributed by atoms with Gasteiger partial charge in [0.1, 0.15) is 17.8 Å². The van der Waals surface area contributed by atoms with Crippen LogP contribution in [0.15, 0.2) is 48.8 Å². The number of rotatable bonds is 5. The third kappa shape index (κ3) is 4.70. The van der Waals surface area contributed by atoms with Crippen LogP contribution in [-0.2, 0) is 16.1 Å². The van der Waals surface area contributed by atoms with E-state index in [0.717, 1.165) is 18.7 Å².